The Kier molecular flexibility index (Phi) is 3.68. The first kappa shape index (κ1) is 15.0. The second-order valence-electron chi connectivity index (χ2n) is 5.60. The van der Waals surface area contributed by atoms with Crippen molar-refractivity contribution in [2.45, 2.75) is 38.2 Å². The van der Waals surface area contributed by atoms with E-state index in [9.17, 15) is 18.4 Å². The fourth-order valence-corrected chi connectivity index (χ4v) is 3.46. The molecule has 0 aromatic carbocycles. The zero-order chi connectivity index (χ0) is 15.9. The van der Waals surface area contributed by atoms with Gasteiger partial charge in [0.25, 0.3) is 5.91 Å². The fraction of sp³-hybridized carbons (Fsp3) is 0.533. The van der Waals surface area contributed by atoms with Gasteiger partial charge < -0.3 is 10.1 Å². The minimum Gasteiger partial charge on any atom is -0.360 e. The zero-order valence-corrected chi connectivity index (χ0v) is 12.1. The number of carbonyl (C=O) groups is 2. The number of anilines is 1. The molecule has 2 unspecified atom stereocenters. The lowest BCUT2D eigenvalue weighted by Crippen LogP contribution is -2.47. The van der Waals surface area contributed by atoms with Gasteiger partial charge in [-0.2, -0.15) is 0 Å². The molecule has 5 nitrogen and oxygen atoms in total. The summed E-state index contributed by atoms with van der Waals surface area (Å²) in [6, 6.07) is 0. The van der Waals surface area contributed by atoms with E-state index in [1.54, 1.807) is 6.92 Å². The highest BCUT2D eigenvalue weighted by molar-refractivity contribution is 6.04. The summed E-state index contributed by atoms with van der Waals surface area (Å²) in [5.41, 5.74) is -1.89. The van der Waals surface area contributed by atoms with E-state index in [-0.39, 0.29) is 30.2 Å². The molecule has 118 valence electrons. The number of halogens is 2. The molecule has 1 N–H and O–H groups in total. The third kappa shape index (κ3) is 2.03. The highest BCUT2D eigenvalue weighted by Gasteiger charge is 2.57. The Morgan fingerprint density at radius 2 is 2.23 bits per heavy atom. The summed E-state index contributed by atoms with van der Waals surface area (Å²) in [5, 5.41) is 2.46. The van der Waals surface area contributed by atoms with Crippen LogP contribution in [0.3, 0.4) is 0 Å². The number of Topliss-reactive ketones (excluding diaryl/α,β-unsaturated/α-hetero) is 1. The van der Waals surface area contributed by atoms with E-state index >= 15 is 0 Å². The highest BCUT2D eigenvalue weighted by Crippen LogP contribution is 2.49. The first-order valence-electron chi connectivity index (χ1n) is 7.32. The second-order valence-corrected chi connectivity index (χ2v) is 5.60. The van der Waals surface area contributed by atoms with Crippen LogP contribution in [0.2, 0.25) is 0 Å². The molecule has 1 aliphatic carbocycles. The number of hydrogen-bond donors (Lipinski definition) is 1. The molecule has 2 heterocycles. The van der Waals surface area contributed by atoms with Crippen molar-refractivity contribution in [3.05, 3.63) is 23.4 Å². The van der Waals surface area contributed by atoms with Crippen molar-refractivity contribution < 1.29 is 23.1 Å². The van der Waals surface area contributed by atoms with Crippen LogP contribution >= 0.6 is 0 Å². The SMILES string of the molecule is CCOC1(C2CCCC(=O)C2)C(=O)Nc2ncc(F)c(F)c21. The molecule has 7 heteroatoms. The van der Waals surface area contributed by atoms with E-state index in [2.05, 4.69) is 10.3 Å². The van der Waals surface area contributed by atoms with Gasteiger partial charge in [0, 0.05) is 25.4 Å². The largest absolute Gasteiger partial charge is 0.360 e. The Bertz CT molecular complexity index is 650. The highest BCUT2D eigenvalue weighted by atomic mass is 19.2. The van der Waals surface area contributed by atoms with Crippen molar-refractivity contribution in [3.8, 4) is 0 Å². The van der Waals surface area contributed by atoms with Crippen molar-refractivity contribution in [1.82, 2.24) is 4.98 Å². The van der Waals surface area contributed by atoms with Crippen molar-refractivity contribution in [2.24, 2.45) is 5.92 Å². The molecule has 3 rings (SSSR count). The molecular weight excluding hydrogens is 294 g/mol. The lowest BCUT2D eigenvalue weighted by Gasteiger charge is -2.37. The van der Waals surface area contributed by atoms with Crippen molar-refractivity contribution in [1.29, 1.82) is 0 Å². The summed E-state index contributed by atoms with van der Waals surface area (Å²) < 4.78 is 33.6. The molecule has 2 aliphatic rings. The topological polar surface area (TPSA) is 68.3 Å². The summed E-state index contributed by atoms with van der Waals surface area (Å²) in [4.78, 5) is 28.1. The molecular formula is C15H16F2N2O3. The Hall–Kier alpha value is -1.89. The van der Waals surface area contributed by atoms with Crippen molar-refractivity contribution in [2.75, 3.05) is 11.9 Å². The maximum Gasteiger partial charge on any atom is 0.263 e. The van der Waals surface area contributed by atoms with E-state index < -0.39 is 29.1 Å². The predicted molar refractivity (Wildman–Crippen MR) is 73.1 cm³/mol. The van der Waals surface area contributed by atoms with Gasteiger partial charge in [-0.1, -0.05) is 0 Å². The molecule has 0 saturated heterocycles. The van der Waals surface area contributed by atoms with Crippen LogP contribution in [-0.4, -0.2) is 23.3 Å². The molecule has 1 saturated carbocycles. The van der Waals surface area contributed by atoms with Crippen LogP contribution < -0.4 is 5.32 Å². The fourth-order valence-electron chi connectivity index (χ4n) is 3.46. The molecule has 22 heavy (non-hydrogen) atoms. The van der Waals surface area contributed by atoms with E-state index in [0.717, 1.165) is 6.20 Å². The quantitative estimate of drug-likeness (QED) is 0.930. The number of nitrogens with zero attached hydrogens (tertiary/aromatic N) is 1. The maximum atomic E-state index is 14.4. The van der Waals surface area contributed by atoms with Crippen LogP contribution in [0.4, 0.5) is 14.6 Å². The van der Waals surface area contributed by atoms with Crippen LogP contribution in [0.1, 0.15) is 38.2 Å². The van der Waals surface area contributed by atoms with Crippen LogP contribution in [0, 0.1) is 17.6 Å². The number of amides is 1. The molecule has 1 aromatic rings. The number of nitrogens with one attached hydrogen (secondary N) is 1. The number of ether oxygens (including phenoxy) is 1. The first-order valence-corrected chi connectivity index (χ1v) is 7.32. The average molecular weight is 310 g/mol. The van der Waals surface area contributed by atoms with Gasteiger partial charge in [0.05, 0.1) is 11.8 Å². The minimum atomic E-state index is -1.68. The molecule has 0 spiro atoms. The number of carbonyl (C=O) groups excluding carboxylic acids is 2. The second kappa shape index (κ2) is 5.39. The van der Waals surface area contributed by atoms with Crippen LogP contribution in [-0.2, 0) is 19.9 Å². The third-order valence-electron chi connectivity index (χ3n) is 4.34. The molecule has 2 atom stereocenters. The summed E-state index contributed by atoms with van der Waals surface area (Å²) in [7, 11) is 0. The van der Waals surface area contributed by atoms with E-state index in [1.807, 2.05) is 0 Å². The van der Waals surface area contributed by atoms with Gasteiger partial charge in [-0.15, -0.1) is 0 Å². The van der Waals surface area contributed by atoms with Crippen LogP contribution in [0.5, 0.6) is 0 Å². The van der Waals surface area contributed by atoms with Gasteiger partial charge >= 0.3 is 0 Å². The zero-order valence-electron chi connectivity index (χ0n) is 12.1. The number of aromatic nitrogens is 1. The van der Waals surface area contributed by atoms with Crippen molar-refractivity contribution >= 4 is 17.5 Å². The lowest BCUT2D eigenvalue weighted by atomic mass is 9.73. The van der Waals surface area contributed by atoms with Crippen LogP contribution in [0.15, 0.2) is 6.20 Å². The first-order chi connectivity index (χ1) is 10.5. The van der Waals surface area contributed by atoms with E-state index in [0.29, 0.717) is 19.3 Å². The van der Waals surface area contributed by atoms with Crippen LogP contribution in [0.25, 0.3) is 0 Å². The van der Waals surface area contributed by atoms with E-state index in [4.69, 9.17) is 4.74 Å². The van der Waals surface area contributed by atoms with Gasteiger partial charge in [0.1, 0.15) is 11.6 Å². The van der Waals surface area contributed by atoms with Gasteiger partial charge in [-0.25, -0.2) is 13.8 Å². The predicted octanol–water partition coefficient (Wildman–Crippen LogP) is 2.30. The molecule has 1 aromatic heterocycles. The van der Waals surface area contributed by atoms with E-state index in [1.165, 1.54) is 0 Å². The Balaban J connectivity index is 2.17. The van der Waals surface area contributed by atoms with Gasteiger partial charge in [-0.05, 0) is 19.8 Å². The smallest absolute Gasteiger partial charge is 0.263 e. The standard InChI is InChI=1S/C15H16F2N2O3/c1-2-22-15(8-4-3-5-9(20)6-8)11-12(17)10(16)7-18-13(11)19-14(15)21/h7-8H,2-6H2,1H3,(H,18,19,21). The number of fused-ring (bicyclic) bond motifs is 1. The monoisotopic (exact) mass is 310 g/mol. The van der Waals surface area contributed by atoms with Gasteiger partial charge in [0.15, 0.2) is 17.2 Å². The van der Waals surface area contributed by atoms with Gasteiger partial charge in [0.2, 0.25) is 0 Å². The Labute approximate surface area is 126 Å². The lowest BCUT2D eigenvalue weighted by molar-refractivity contribution is -0.154. The molecule has 1 fully saturated rings. The number of ketones is 1. The Morgan fingerprint density at radius 1 is 1.45 bits per heavy atom. The number of hydrogen-bond acceptors (Lipinski definition) is 4. The minimum absolute atomic E-state index is 0.00125. The third-order valence-corrected chi connectivity index (χ3v) is 4.34. The molecule has 0 bridgehead atoms. The van der Waals surface area contributed by atoms with Gasteiger partial charge in [-0.3, -0.25) is 9.59 Å². The summed E-state index contributed by atoms with van der Waals surface area (Å²) >= 11 is 0. The molecule has 1 aliphatic heterocycles. The summed E-state index contributed by atoms with van der Waals surface area (Å²) in [6.07, 6.45) is 2.42. The molecule has 0 radical (unpaired) electrons. The number of pyridine rings is 1. The summed E-state index contributed by atoms with van der Waals surface area (Å²) in [6.45, 7) is 1.80. The number of rotatable bonds is 3. The normalized spacial score (nSPS) is 27.7. The molecule has 1 amide bonds. The maximum absolute atomic E-state index is 14.4. The van der Waals surface area contributed by atoms with Crippen molar-refractivity contribution in [3.63, 3.8) is 0 Å². The average Bonchev–Trinajstić information content (AvgIpc) is 2.77. The Morgan fingerprint density at radius 3 is 2.91 bits per heavy atom. The summed E-state index contributed by atoms with van der Waals surface area (Å²) in [5.74, 6) is -3.41.